The molecule has 6 nitrogen and oxygen atoms in total. The molecule has 1 aromatic heterocycles. The standard InChI is InChI=1S/C18H21N3O3/c1-11-7-13-8-14(5-6-16(13)23-11)19-18(22)21(2)10-15-9-17(24-20-15)12-3-4-12/h5-6,8-9,11-12H,3-4,7,10H2,1-2H3,(H,19,22)/t11-/m0/s1. The lowest BCUT2D eigenvalue weighted by atomic mass is 10.1. The van der Waals surface area contributed by atoms with E-state index in [0.717, 1.165) is 34.9 Å². The van der Waals surface area contributed by atoms with Gasteiger partial charge in [0, 0.05) is 31.1 Å². The van der Waals surface area contributed by atoms with Crippen molar-refractivity contribution in [2.75, 3.05) is 12.4 Å². The molecule has 1 aliphatic heterocycles. The van der Waals surface area contributed by atoms with Gasteiger partial charge in [-0.15, -0.1) is 0 Å². The van der Waals surface area contributed by atoms with Crippen LogP contribution >= 0.6 is 0 Å². The normalized spacial score (nSPS) is 18.8. The van der Waals surface area contributed by atoms with Crippen molar-refractivity contribution >= 4 is 11.7 Å². The number of benzene rings is 1. The maximum absolute atomic E-state index is 12.4. The summed E-state index contributed by atoms with van der Waals surface area (Å²) < 4.78 is 11.0. The summed E-state index contributed by atoms with van der Waals surface area (Å²) in [5.74, 6) is 2.37. The van der Waals surface area contributed by atoms with Crippen molar-refractivity contribution in [1.82, 2.24) is 10.1 Å². The molecule has 2 amide bonds. The molecule has 0 unspecified atom stereocenters. The van der Waals surface area contributed by atoms with Crippen LogP contribution in [0.5, 0.6) is 5.75 Å². The lowest BCUT2D eigenvalue weighted by Gasteiger charge is -2.16. The van der Waals surface area contributed by atoms with Crippen molar-refractivity contribution in [1.29, 1.82) is 0 Å². The van der Waals surface area contributed by atoms with Gasteiger partial charge in [0.15, 0.2) is 0 Å². The van der Waals surface area contributed by atoms with Crippen LogP contribution in [0.25, 0.3) is 0 Å². The van der Waals surface area contributed by atoms with Gasteiger partial charge in [0.1, 0.15) is 23.3 Å². The Labute approximate surface area is 140 Å². The van der Waals surface area contributed by atoms with Crippen LogP contribution in [0.4, 0.5) is 10.5 Å². The fourth-order valence-electron chi connectivity index (χ4n) is 3.00. The largest absolute Gasteiger partial charge is 0.490 e. The van der Waals surface area contributed by atoms with E-state index in [1.165, 1.54) is 12.8 Å². The molecule has 1 fully saturated rings. The fourth-order valence-corrected chi connectivity index (χ4v) is 3.00. The number of aromatic nitrogens is 1. The van der Waals surface area contributed by atoms with Crippen LogP contribution in [0.15, 0.2) is 28.8 Å². The van der Waals surface area contributed by atoms with Crippen LogP contribution in [-0.2, 0) is 13.0 Å². The summed E-state index contributed by atoms with van der Waals surface area (Å²) in [4.78, 5) is 14.0. The molecule has 0 radical (unpaired) electrons. The molecule has 1 saturated carbocycles. The number of amides is 2. The lowest BCUT2D eigenvalue weighted by molar-refractivity contribution is 0.219. The van der Waals surface area contributed by atoms with Crippen LogP contribution in [0.1, 0.15) is 42.7 Å². The summed E-state index contributed by atoms with van der Waals surface area (Å²) in [7, 11) is 1.75. The van der Waals surface area contributed by atoms with Gasteiger partial charge in [0.2, 0.25) is 0 Å². The van der Waals surface area contributed by atoms with Gasteiger partial charge in [-0.05, 0) is 43.5 Å². The second-order valence-corrected chi connectivity index (χ2v) is 6.74. The molecular weight excluding hydrogens is 306 g/mol. The number of hydrogen-bond acceptors (Lipinski definition) is 4. The van der Waals surface area contributed by atoms with Gasteiger partial charge >= 0.3 is 6.03 Å². The molecule has 1 atom stereocenters. The van der Waals surface area contributed by atoms with E-state index in [1.807, 2.05) is 31.2 Å². The van der Waals surface area contributed by atoms with Crippen molar-refractivity contribution < 1.29 is 14.1 Å². The smallest absolute Gasteiger partial charge is 0.321 e. The Morgan fingerprint density at radius 1 is 1.38 bits per heavy atom. The predicted molar refractivity (Wildman–Crippen MR) is 89.2 cm³/mol. The van der Waals surface area contributed by atoms with Crippen LogP contribution < -0.4 is 10.1 Å². The van der Waals surface area contributed by atoms with E-state index < -0.39 is 0 Å². The van der Waals surface area contributed by atoms with E-state index in [2.05, 4.69) is 10.5 Å². The average molecular weight is 327 g/mol. The molecule has 0 spiro atoms. The zero-order chi connectivity index (χ0) is 16.7. The van der Waals surface area contributed by atoms with Crippen LogP contribution in [0.2, 0.25) is 0 Å². The van der Waals surface area contributed by atoms with Gasteiger partial charge in [-0.1, -0.05) is 5.16 Å². The molecule has 0 bridgehead atoms. The van der Waals surface area contributed by atoms with Crippen molar-refractivity contribution in [3.63, 3.8) is 0 Å². The Bertz CT molecular complexity index is 767. The third-order valence-corrected chi connectivity index (χ3v) is 4.45. The minimum Gasteiger partial charge on any atom is -0.490 e. The summed E-state index contributed by atoms with van der Waals surface area (Å²) >= 11 is 0. The molecular formula is C18H21N3O3. The molecule has 2 heterocycles. The molecule has 1 aliphatic carbocycles. The third kappa shape index (κ3) is 3.09. The predicted octanol–water partition coefficient (Wildman–Crippen LogP) is 3.54. The van der Waals surface area contributed by atoms with E-state index >= 15 is 0 Å². The molecule has 126 valence electrons. The maximum Gasteiger partial charge on any atom is 0.321 e. The summed E-state index contributed by atoms with van der Waals surface area (Å²) in [5.41, 5.74) is 2.70. The number of rotatable bonds is 4. The molecule has 0 saturated heterocycles. The number of ether oxygens (including phenoxy) is 1. The van der Waals surface area contributed by atoms with Gasteiger partial charge < -0.3 is 19.5 Å². The Kier molecular flexibility index (Phi) is 3.67. The highest BCUT2D eigenvalue weighted by molar-refractivity contribution is 5.89. The summed E-state index contributed by atoms with van der Waals surface area (Å²) in [6.45, 7) is 2.47. The number of carbonyl (C=O) groups is 1. The van der Waals surface area contributed by atoms with E-state index in [1.54, 1.807) is 11.9 Å². The molecule has 2 aliphatic rings. The Morgan fingerprint density at radius 2 is 2.21 bits per heavy atom. The van der Waals surface area contributed by atoms with Gasteiger partial charge in [-0.25, -0.2) is 4.79 Å². The number of hydrogen-bond donors (Lipinski definition) is 1. The SMILES string of the molecule is C[C@H]1Cc2cc(NC(=O)N(C)Cc3cc(C4CC4)on3)ccc2O1. The van der Waals surface area contributed by atoms with Crippen LogP contribution in [0, 0.1) is 0 Å². The number of urea groups is 1. The fraction of sp³-hybridized carbons (Fsp3) is 0.444. The Balaban J connectivity index is 1.37. The number of carbonyl (C=O) groups excluding carboxylic acids is 1. The van der Waals surface area contributed by atoms with Crippen molar-refractivity contribution in [2.45, 2.75) is 44.8 Å². The average Bonchev–Trinajstić information content (AvgIpc) is 3.18. The Hall–Kier alpha value is -2.50. The van der Waals surface area contributed by atoms with Crippen molar-refractivity contribution in [3.8, 4) is 5.75 Å². The first-order valence-corrected chi connectivity index (χ1v) is 8.35. The molecule has 2 aromatic rings. The number of nitrogens with one attached hydrogen (secondary N) is 1. The number of anilines is 1. The molecule has 4 rings (SSSR count). The van der Waals surface area contributed by atoms with E-state index in [9.17, 15) is 4.79 Å². The van der Waals surface area contributed by atoms with E-state index in [4.69, 9.17) is 9.26 Å². The van der Waals surface area contributed by atoms with Gasteiger partial charge in [0.25, 0.3) is 0 Å². The highest BCUT2D eigenvalue weighted by atomic mass is 16.5. The van der Waals surface area contributed by atoms with E-state index in [-0.39, 0.29) is 12.1 Å². The van der Waals surface area contributed by atoms with Gasteiger partial charge in [-0.2, -0.15) is 0 Å². The molecule has 24 heavy (non-hydrogen) atoms. The van der Waals surface area contributed by atoms with Gasteiger partial charge in [-0.3, -0.25) is 0 Å². The summed E-state index contributed by atoms with van der Waals surface area (Å²) in [5, 5.41) is 6.97. The lowest BCUT2D eigenvalue weighted by Crippen LogP contribution is -2.30. The zero-order valence-electron chi connectivity index (χ0n) is 13.9. The van der Waals surface area contributed by atoms with Crippen molar-refractivity contribution in [3.05, 3.63) is 41.3 Å². The second kappa shape index (κ2) is 5.85. The minimum absolute atomic E-state index is 0.169. The maximum atomic E-state index is 12.4. The first kappa shape index (κ1) is 15.1. The van der Waals surface area contributed by atoms with Gasteiger partial charge in [0.05, 0.1) is 6.54 Å². The highest BCUT2D eigenvalue weighted by Gasteiger charge is 2.28. The molecule has 1 aromatic carbocycles. The topological polar surface area (TPSA) is 67.6 Å². The third-order valence-electron chi connectivity index (χ3n) is 4.45. The summed E-state index contributed by atoms with van der Waals surface area (Å²) in [6, 6.07) is 7.54. The highest BCUT2D eigenvalue weighted by Crippen LogP contribution is 2.40. The number of nitrogens with zero attached hydrogens (tertiary/aromatic N) is 2. The molecule has 1 N–H and O–H groups in total. The van der Waals surface area contributed by atoms with Crippen LogP contribution in [0.3, 0.4) is 0 Å². The van der Waals surface area contributed by atoms with Crippen LogP contribution in [-0.4, -0.2) is 29.2 Å². The van der Waals surface area contributed by atoms with E-state index in [0.29, 0.717) is 12.5 Å². The van der Waals surface area contributed by atoms with Crippen molar-refractivity contribution in [2.24, 2.45) is 0 Å². The number of fused-ring (bicyclic) bond motifs is 1. The summed E-state index contributed by atoms with van der Waals surface area (Å²) in [6.07, 6.45) is 3.41. The molecule has 6 heteroatoms. The quantitative estimate of drug-likeness (QED) is 0.932. The monoisotopic (exact) mass is 327 g/mol. The zero-order valence-corrected chi connectivity index (χ0v) is 13.9. The minimum atomic E-state index is -0.169. The first-order valence-electron chi connectivity index (χ1n) is 8.35. The Morgan fingerprint density at radius 3 is 3.00 bits per heavy atom. The second-order valence-electron chi connectivity index (χ2n) is 6.74. The first-order chi connectivity index (χ1) is 11.6.